The smallest absolute Gasteiger partial charge is 0.0721 e. The van der Waals surface area contributed by atoms with Crippen molar-refractivity contribution in [2.45, 2.75) is 32.9 Å². The van der Waals surface area contributed by atoms with Crippen molar-refractivity contribution < 1.29 is 9.47 Å². The first-order valence-corrected chi connectivity index (χ1v) is 7.86. The molecule has 118 valence electrons. The highest BCUT2D eigenvalue weighted by atomic mass is 16.5. The molecule has 4 heteroatoms. The van der Waals surface area contributed by atoms with E-state index in [0.717, 1.165) is 45.8 Å². The van der Waals surface area contributed by atoms with Crippen LogP contribution in [-0.4, -0.2) is 46.1 Å². The van der Waals surface area contributed by atoms with Crippen LogP contribution in [0.1, 0.15) is 24.5 Å². The highest BCUT2D eigenvalue weighted by Gasteiger charge is 2.15. The highest BCUT2D eigenvalue weighted by molar-refractivity contribution is 5.51. The molecule has 1 fully saturated rings. The third-order valence-electron chi connectivity index (χ3n) is 3.94. The predicted octanol–water partition coefficient (Wildman–Crippen LogP) is 2.35. The third-order valence-corrected chi connectivity index (χ3v) is 3.94. The Morgan fingerprint density at radius 2 is 2.29 bits per heavy atom. The molecular weight excluding hydrogens is 264 g/mol. The fourth-order valence-electron chi connectivity index (χ4n) is 2.70. The van der Waals surface area contributed by atoms with Gasteiger partial charge in [0.2, 0.25) is 0 Å². The minimum atomic E-state index is 0.309. The molecule has 0 spiro atoms. The Kier molecular flexibility index (Phi) is 6.49. The first-order valence-electron chi connectivity index (χ1n) is 7.86. The molecule has 1 aliphatic heterocycles. The van der Waals surface area contributed by atoms with Crippen molar-refractivity contribution in [1.29, 1.82) is 0 Å². The molecule has 1 unspecified atom stereocenters. The van der Waals surface area contributed by atoms with Crippen molar-refractivity contribution in [2.75, 3.05) is 44.9 Å². The summed E-state index contributed by atoms with van der Waals surface area (Å²) in [7, 11) is 1.73. The van der Waals surface area contributed by atoms with Crippen LogP contribution in [-0.2, 0) is 16.0 Å². The third kappa shape index (κ3) is 4.99. The number of anilines is 1. The molecule has 1 aliphatic rings. The molecule has 0 bridgehead atoms. The summed E-state index contributed by atoms with van der Waals surface area (Å²) in [5, 5.41) is 3.40. The lowest BCUT2D eigenvalue weighted by atomic mass is 10.1. The lowest BCUT2D eigenvalue weighted by Crippen LogP contribution is -2.30. The number of methoxy groups -OCH3 is 1. The van der Waals surface area contributed by atoms with E-state index in [-0.39, 0.29) is 0 Å². The summed E-state index contributed by atoms with van der Waals surface area (Å²) in [6, 6.07) is 6.77. The Labute approximate surface area is 128 Å². The number of nitrogens with zero attached hydrogens (tertiary/aromatic N) is 1. The van der Waals surface area contributed by atoms with Gasteiger partial charge in [-0.05, 0) is 43.5 Å². The average Bonchev–Trinajstić information content (AvgIpc) is 2.69. The van der Waals surface area contributed by atoms with E-state index in [4.69, 9.17) is 9.47 Å². The number of rotatable bonds is 6. The summed E-state index contributed by atoms with van der Waals surface area (Å²) in [5.41, 5.74) is 4.01. The summed E-state index contributed by atoms with van der Waals surface area (Å²) in [4.78, 5) is 2.44. The van der Waals surface area contributed by atoms with Gasteiger partial charge in [-0.3, -0.25) is 0 Å². The summed E-state index contributed by atoms with van der Waals surface area (Å²) >= 11 is 0. The van der Waals surface area contributed by atoms with Crippen molar-refractivity contribution >= 4 is 5.69 Å². The molecule has 1 N–H and O–H groups in total. The van der Waals surface area contributed by atoms with Crippen LogP contribution in [0.5, 0.6) is 0 Å². The molecule has 1 saturated heterocycles. The van der Waals surface area contributed by atoms with Gasteiger partial charge in [-0.2, -0.15) is 0 Å². The Hall–Kier alpha value is -1.10. The number of aryl methyl sites for hydroxylation is 1. The molecule has 0 radical (unpaired) electrons. The fourth-order valence-corrected chi connectivity index (χ4v) is 2.70. The van der Waals surface area contributed by atoms with Crippen molar-refractivity contribution in [3.8, 4) is 0 Å². The normalized spacial score (nSPS) is 19.6. The van der Waals surface area contributed by atoms with E-state index in [0.29, 0.717) is 6.10 Å². The monoisotopic (exact) mass is 292 g/mol. The number of hydrogen-bond acceptors (Lipinski definition) is 4. The molecule has 0 amide bonds. The van der Waals surface area contributed by atoms with Gasteiger partial charge in [0.1, 0.15) is 0 Å². The molecule has 0 aliphatic carbocycles. The zero-order valence-electron chi connectivity index (χ0n) is 13.5. The van der Waals surface area contributed by atoms with Gasteiger partial charge in [-0.1, -0.05) is 6.07 Å². The molecule has 4 nitrogen and oxygen atoms in total. The van der Waals surface area contributed by atoms with E-state index >= 15 is 0 Å². The van der Waals surface area contributed by atoms with Gasteiger partial charge in [0.05, 0.1) is 12.7 Å². The molecule has 1 aromatic rings. The Morgan fingerprint density at radius 1 is 1.43 bits per heavy atom. The summed E-state index contributed by atoms with van der Waals surface area (Å²) in [5.74, 6) is 0. The van der Waals surface area contributed by atoms with Crippen LogP contribution < -0.4 is 10.2 Å². The Morgan fingerprint density at radius 3 is 3.05 bits per heavy atom. The molecule has 1 aromatic carbocycles. The molecule has 0 saturated carbocycles. The molecule has 21 heavy (non-hydrogen) atoms. The van der Waals surface area contributed by atoms with E-state index in [9.17, 15) is 0 Å². The zero-order chi connectivity index (χ0) is 15.1. The molecule has 1 atom stereocenters. The van der Waals surface area contributed by atoms with Crippen LogP contribution in [0, 0.1) is 6.92 Å². The average molecular weight is 292 g/mol. The predicted molar refractivity (Wildman–Crippen MR) is 87.0 cm³/mol. The lowest BCUT2D eigenvalue weighted by molar-refractivity contribution is 0.0821. The standard InChI is InChI=1S/C17H28N2O2/c1-14-11-17(19-8-4-9-21-15(2)13-19)6-5-16(14)12-18-7-10-20-3/h5-6,11,15,18H,4,7-10,12-13H2,1-3H3. The van der Waals surface area contributed by atoms with Gasteiger partial charge in [0.25, 0.3) is 0 Å². The molecule has 2 rings (SSSR count). The fraction of sp³-hybridized carbons (Fsp3) is 0.647. The SMILES string of the molecule is COCCNCc1ccc(N2CCCOC(C)C2)cc1C. The Bertz CT molecular complexity index is 437. The van der Waals surface area contributed by atoms with E-state index in [2.05, 4.69) is 42.3 Å². The van der Waals surface area contributed by atoms with E-state index in [1.807, 2.05) is 0 Å². The van der Waals surface area contributed by atoms with Gasteiger partial charge < -0.3 is 19.7 Å². The summed E-state index contributed by atoms with van der Waals surface area (Å²) in [6.07, 6.45) is 1.41. The second-order valence-corrected chi connectivity index (χ2v) is 5.76. The maximum Gasteiger partial charge on any atom is 0.0721 e. The Balaban J connectivity index is 1.97. The maximum atomic E-state index is 5.72. The van der Waals surface area contributed by atoms with Crippen LogP contribution in [0.4, 0.5) is 5.69 Å². The minimum Gasteiger partial charge on any atom is -0.383 e. The number of benzene rings is 1. The van der Waals surface area contributed by atoms with Crippen LogP contribution in [0.3, 0.4) is 0 Å². The number of ether oxygens (including phenoxy) is 2. The summed E-state index contributed by atoms with van der Waals surface area (Å²) < 4.78 is 10.8. The van der Waals surface area contributed by atoms with Crippen LogP contribution in [0.15, 0.2) is 18.2 Å². The lowest BCUT2D eigenvalue weighted by Gasteiger charge is -2.25. The molecule has 1 heterocycles. The topological polar surface area (TPSA) is 33.7 Å². The first kappa shape index (κ1) is 16.3. The highest BCUT2D eigenvalue weighted by Crippen LogP contribution is 2.21. The quantitative estimate of drug-likeness (QED) is 0.816. The van der Waals surface area contributed by atoms with E-state index in [1.54, 1.807) is 7.11 Å². The van der Waals surface area contributed by atoms with Crippen molar-refractivity contribution in [3.05, 3.63) is 29.3 Å². The summed E-state index contributed by atoms with van der Waals surface area (Å²) in [6.45, 7) is 9.81. The van der Waals surface area contributed by atoms with Gasteiger partial charge in [-0.25, -0.2) is 0 Å². The van der Waals surface area contributed by atoms with Crippen LogP contribution in [0.2, 0.25) is 0 Å². The minimum absolute atomic E-state index is 0.309. The van der Waals surface area contributed by atoms with Gasteiger partial charge >= 0.3 is 0 Å². The van der Waals surface area contributed by atoms with Gasteiger partial charge in [0, 0.05) is 45.6 Å². The van der Waals surface area contributed by atoms with Crippen molar-refractivity contribution in [1.82, 2.24) is 5.32 Å². The van der Waals surface area contributed by atoms with Crippen LogP contribution in [0.25, 0.3) is 0 Å². The van der Waals surface area contributed by atoms with E-state index in [1.165, 1.54) is 16.8 Å². The second kappa shape index (κ2) is 8.37. The first-order chi connectivity index (χ1) is 10.2. The number of hydrogen-bond donors (Lipinski definition) is 1. The van der Waals surface area contributed by atoms with Crippen molar-refractivity contribution in [2.24, 2.45) is 0 Å². The molecule has 0 aromatic heterocycles. The maximum absolute atomic E-state index is 5.72. The van der Waals surface area contributed by atoms with Gasteiger partial charge in [-0.15, -0.1) is 0 Å². The number of nitrogens with one attached hydrogen (secondary N) is 1. The van der Waals surface area contributed by atoms with Gasteiger partial charge in [0.15, 0.2) is 0 Å². The van der Waals surface area contributed by atoms with Crippen LogP contribution >= 0.6 is 0 Å². The molecular formula is C17H28N2O2. The van der Waals surface area contributed by atoms with E-state index < -0.39 is 0 Å². The van der Waals surface area contributed by atoms with Crippen molar-refractivity contribution in [3.63, 3.8) is 0 Å². The zero-order valence-corrected chi connectivity index (χ0v) is 13.5. The second-order valence-electron chi connectivity index (χ2n) is 5.76. The largest absolute Gasteiger partial charge is 0.383 e.